The molecule has 1 aliphatic carbocycles. The van der Waals surface area contributed by atoms with Gasteiger partial charge >= 0.3 is 12.1 Å². The molecule has 3 atom stereocenters. The first-order chi connectivity index (χ1) is 19.3. The van der Waals surface area contributed by atoms with Gasteiger partial charge in [0.1, 0.15) is 6.10 Å². The average molecular weight is 552 g/mol. The first-order valence-electron chi connectivity index (χ1n) is 14.1. The summed E-state index contributed by atoms with van der Waals surface area (Å²) in [5.41, 5.74) is 1.36. The Morgan fingerprint density at radius 3 is 2.50 bits per heavy atom. The van der Waals surface area contributed by atoms with E-state index >= 15 is 0 Å². The van der Waals surface area contributed by atoms with Crippen LogP contribution in [0.4, 0.5) is 21.0 Å². The van der Waals surface area contributed by atoms with Crippen molar-refractivity contribution in [3.8, 4) is 5.75 Å². The zero-order valence-electron chi connectivity index (χ0n) is 23.6. The fourth-order valence-electron chi connectivity index (χ4n) is 5.24. The van der Waals surface area contributed by atoms with Crippen LogP contribution < -0.4 is 20.7 Å². The molecule has 10 heteroatoms. The molecule has 0 aromatic heterocycles. The number of para-hydroxylation sites is 2. The molecule has 1 heterocycles. The van der Waals surface area contributed by atoms with Crippen molar-refractivity contribution in [2.75, 3.05) is 37.4 Å². The van der Waals surface area contributed by atoms with E-state index in [1.165, 1.54) is 6.42 Å². The van der Waals surface area contributed by atoms with E-state index in [0.29, 0.717) is 23.5 Å². The van der Waals surface area contributed by atoms with E-state index in [-0.39, 0.29) is 48.8 Å². The summed E-state index contributed by atoms with van der Waals surface area (Å²) in [7, 11) is 1.69. The Balaban J connectivity index is 1.59. The third-order valence-corrected chi connectivity index (χ3v) is 7.71. The molecule has 0 bridgehead atoms. The SMILES string of the molecule is C[C@@H]1CN([C@@H](C)CO)C(=O)c2cccc(NC(=O)NC3CCCCC3)c2O[C@H]1CN(C)C(=O)Nc1ccccc1. The number of anilines is 2. The lowest BCUT2D eigenvalue weighted by Gasteiger charge is -2.38. The molecule has 1 aliphatic heterocycles. The van der Waals surface area contributed by atoms with Crippen LogP contribution in [0, 0.1) is 5.92 Å². The third kappa shape index (κ3) is 7.24. The minimum Gasteiger partial charge on any atom is -0.485 e. The number of aliphatic hydroxyl groups is 1. The highest BCUT2D eigenvalue weighted by Crippen LogP contribution is 2.35. The van der Waals surface area contributed by atoms with Gasteiger partial charge in [0.2, 0.25) is 0 Å². The van der Waals surface area contributed by atoms with Crippen LogP contribution in [0.2, 0.25) is 0 Å². The van der Waals surface area contributed by atoms with Gasteiger partial charge in [-0.25, -0.2) is 9.59 Å². The minimum atomic E-state index is -0.504. The van der Waals surface area contributed by atoms with E-state index in [4.69, 9.17) is 4.74 Å². The summed E-state index contributed by atoms with van der Waals surface area (Å²) < 4.78 is 6.50. The van der Waals surface area contributed by atoms with Crippen molar-refractivity contribution < 1.29 is 24.2 Å². The molecule has 2 aromatic carbocycles. The monoisotopic (exact) mass is 551 g/mol. The molecule has 2 aromatic rings. The Kier molecular flexibility index (Phi) is 9.87. The predicted octanol–water partition coefficient (Wildman–Crippen LogP) is 4.52. The first-order valence-corrected chi connectivity index (χ1v) is 14.1. The number of carbonyl (C=O) groups is 3. The second-order valence-corrected chi connectivity index (χ2v) is 10.9. The van der Waals surface area contributed by atoms with Gasteiger partial charge < -0.3 is 35.6 Å². The second-order valence-electron chi connectivity index (χ2n) is 10.9. The molecule has 40 heavy (non-hydrogen) atoms. The number of nitrogens with zero attached hydrogens (tertiary/aromatic N) is 2. The van der Waals surface area contributed by atoms with Gasteiger partial charge in [0.15, 0.2) is 5.75 Å². The largest absolute Gasteiger partial charge is 0.485 e. The molecule has 4 N–H and O–H groups in total. The van der Waals surface area contributed by atoms with Crippen molar-refractivity contribution in [2.45, 2.75) is 64.1 Å². The number of hydrogen-bond donors (Lipinski definition) is 4. The summed E-state index contributed by atoms with van der Waals surface area (Å²) >= 11 is 0. The minimum absolute atomic E-state index is 0.118. The molecule has 1 saturated carbocycles. The van der Waals surface area contributed by atoms with Crippen LogP contribution >= 0.6 is 0 Å². The van der Waals surface area contributed by atoms with Crippen LogP contribution in [-0.4, -0.2) is 77.8 Å². The number of aliphatic hydroxyl groups excluding tert-OH is 1. The average Bonchev–Trinajstić information content (AvgIpc) is 2.95. The molecule has 2 aliphatic rings. The van der Waals surface area contributed by atoms with Crippen molar-refractivity contribution in [3.63, 3.8) is 0 Å². The predicted molar refractivity (Wildman–Crippen MR) is 155 cm³/mol. The highest BCUT2D eigenvalue weighted by molar-refractivity contribution is 6.01. The van der Waals surface area contributed by atoms with Gasteiger partial charge in [0.05, 0.1) is 30.4 Å². The van der Waals surface area contributed by atoms with Crippen molar-refractivity contribution in [2.24, 2.45) is 5.92 Å². The number of hydrogen-bond acceptors (Lipinski definition) is 5. The van der Waals surface area contributed by atoms with Gasteiger partial charge in [-0.05, 0) is 44.0 Å². The van der Waals surface area contributed by atoms with Gasteiger partial charge in [0.25, 0.3) is 5.91 Å². The van der Waals surface area contributed by atoms with Gasteiger partial charge in [-0.15, -0.1) is 0 Å². The molecule has 0 unspecified atom stereocenters. The quantitative estimate of drug-likeness (QED) is 0.403. The fourth-order valence-corrected chi connectivity index (χ4v) is 5.24. The van der Waals surface area contributed by atoms with Crippen molar-refractivity contribution in [1.29, 1.82) is 0 Å². The molecule has 10 nitrogen and oxygen atoms in total. The van der Waals surface area contributed by atoms with Crippen LogP contribution in [0.5, 0.6) is 5.75 Å². The Labute approximate surface area is 236 Å². The molecule has 1 fully saturated rings. The zero-order valence-corrected chi connectivity index (χ0v) is 23.6. The van der Waals surface area contributed by atoms with Gasteiger partial charge in [-0.3, -0.25) is 4.79 Å². The highest BCUT2D eigenvalue weighted by Gasteiger charge is 2.35. The molecule has 5 amide bonds. The molecule has 0 saturated heterocycles. The number of fused-ring (bicyclic) bond motifs is 1. The molecule has 0 radical (unpaired) electrons. The number of likely N-dealkylation sites (N-methyl/N-ethyl adjacent to an activating group) is 1. The molecule has 4 rings (SSSR count). The number of carbonyl (C=O) groups excluding carboxylic acids is 3. The summed E-state index contributed by atoms with van der Waals surface area (Å²) in [4.78, 5) is 42.7. The lowest BCUT2D eigenvalue weighted by molar-refractivity contribution is 0.0373. The first kappa shape index (κ1) is 29.2. The van der Waals surface area contributed by atoms with Crippen LogP contribution in [0.25, 0.3) is 0 Å². The Morgan fingerprint density at radius 2 is 1.80 bits per heavy atom. The number of ether oxygens (including phenoxy) is 1. The number of benzene rings is 2. The molecular weight excluding hydrogens is 510 g/mol. The summed E-state index contributed by atoms with van der Waals surface area (Å²) in [6, 6.07) is 13.3. The maximum absolute atomic E-state index is 13.7. The molecule has 216 valence electrons. The molecule has 0 spiro atoms. The topological polar surface area (TPSA) is 123 Å². The normalized spacial score (nSPS) is 20.3. The lowest BCUT2D eigenvalue weighted by atomic mass is 9.96. The van der Waals surface area contributed by atoms with E-state index < -0.39 is 12.1 Å². The van der Waals surface area contributed by atoms with Crippen LogP contribution in [0.3, 0.4) is 0 Å². The van der Waals surface area contributed by atoms with Gasteiger partial charge in [-0.2, -0.15) is 0 Å². The second kappa shape index (κ2) is 13.5. The number of rotatable bonds is 7. The third-order valence-electron chi connectivity index (χ3n) is 7.71. The Hall–Kier alpha value is -3.79. The summed E-state index contributed by atoms with van der Waals surface area (Å²) in [5.74, 6) is -0.217. The van der Waals surface area contributed by atoms with Gasteiger partial charge in [0, 0.05) is 31.2 Å². The van der Waals surface area contributed by atoms with E-state index in [0.717, 1.165) is 25.7 Å². The van der Waals surface area contributed by atoms with Crippen LogP contribution in [-0.2, 0) is 0 Å². The summed E-state index contributed by atoms with van der Waals surface area (Å²) in [6.07, 6.45) is 4.75. The van der Waals surface area contributed by atoms with E-state index in [2.05, 4.69) is 16.0 Å². The fraction of sp³-hybridized carbons (Fsp3) is 0.500. The van der Waals surface area contributed by atoms with Gasteiger partial charge in [-0.1, -0.05) is 50.5 Å². The van der Waals surface area contributed by atoms with Crippen LogP contribution in [0.15, 0.2) is 48.5 Å². The van der Waals surface area contributed by atoms with Crippen molar-refractivity contribution >= 4 is 29.3 Å². The lowest BCUT2D eigenvalue weighted by Crippen LogP contribution is -2.50. The number of amides is 5. The number of nitrogens with one attached hydrogen (secondary N) is 3. The maximum Gasteiger partial charge on any atom is 0.321 e. The molecular formula is C30H41N5O5. The van der Waals surface area contributed by atoms with Crippen LogP contribution in [0.1, 0.15) is 56.3 Å². The maximum atomic E-state index is 13.7. The smallest absolute Gasteiger partial charge is 0.321 e. The van der Waals surface area contributed by atoms with E-state index in [9.17, 15) is 19.5 Å². The summed E-state index contributed by atoms with van der Waals surface area (Å²) in [5, 5.41) is 18.7. The Bertz CT molecular complexity index is 1170. The number of urea groups is 2. The van der Waals surface area contributed by atoms with E-state index in [1.54, 1.807) is 42.0 Å². The Morgan fingerprint density at radius 1 is 1.07 bits per heavy atom. The summed E-state index contributed by atoms with van der Waals surface area (Å²) in [6.45, 7) is 4.12. The highest BCUT2D eigenvalue weighted by atomic mass is 16.5. The van der Waals surface area contributed by atoms with E-state index in [1.807, 2.05) is 37.3 Å². The van der Waals surface area contributed by atoms with Crippen molar-refractivity contribution in [3.05, 3.63) is 54.1 Å². The van der Waals surface area contributed by atoms with Crippen molar-refractivity contribution in [1.82, 2.24) is 15.1 Å². The zero-order chi connectivity index (χ0) is 28.6. The standard InChI is InChI=1S/C30H41N5O5/c1-20-17-35(21(2)19-36)28(37)24-15-10-16-25(33-29(38)31-22-11-6-4-7-12-22)27(24)40-26(20)18-34(3)30(39)32-23-13-8-5-9-14-23/h5,8-10,13-16,20-22,26,36H,4,6-7,11-12,17-19H2,1-3H3,(H,32,39)(H2,31,33,38)/t20-,21+,26+/m1/s1.